The molecule has 1 N–H and O–H groups in total. The predicted molar refractivity (Wildman–Crippen MR) is 62.7 cm³/mol. The molecular weight excluding hydrogens is 188 g/mol. The second-order valence-corrected chi connectivity index (χ2v) is 5.45. The molecule has 0 atom stereocenters. The smallest absolute Gasteiger partial charge is 0.236 e. The number of nitrogens with zero attached hydrogens (tertiary/aromatic N) is 1. The zero-order valence-electron chi connectivity index (χ0n) is 10.6. The summed E-state index contributed by atoms with van der Waals surface area (Å²) in [4.78, 5) is 13.5. The topological polar surface area (TPSA) is 32.3 Å². The van der Waals surface area contributed by atoms with Crippen molar-refractivity contribution < 1.29 is 4.79 Å². The molecule has 15 heavy (non-hydrogen) atoms. The molecule has 1 fully saturated rings. The first-order chi connectivity index (χ1) is 6.84. The molecule has 0 aromatic carbocycles. The van der Waals surface area contributed by atoms with Crippen LogP contribution in [0.3, 0.4) is 0 Å². The second-order valence-electron chi connectivity index (χ2n) is 5.45. The summed E-state index contributed by atoms with van der Waals surface area (Å²) >= 11 is 0. The molecule has 0 aromatic heterocycles. The van der Waals surface area contributed by atoms with Crippen molar-refractivity contribution in [3.63, 3.8) is 0 Å². The van der Waals surface area contributed by atoms with E-state index in [0.717, 1.165) is 5.92 Å². The third-order valence-corrected chi connectivity index (χ3v) is 3.46. The van der Waals surface area contributed by atoms with Gasteiger partial charge in [0.05, 0.1) is 6.54 Å². The van der Waals surface area contributed by atoms with Gasteiger partial charge in [-0.25, -0.2) is 0 Å². The first-order valence-electron chi connectivity index (χ1n) is 5.85. The van der Waals surface area contributed by atoms with Crippen LogP contribution in [-0.2, 0) is 4.79 Å². The third-order valence-electron chi connectivity index (χ3n) is 3.46. The zero-order valence-corrected chi connectivity index (χ0v) is 10.6. The van der Waals surface area contributed by atoms with Gasteiger partial charge in [0.25, 0.3) is 0 Å². The van der Waals surface area contributed by atoms with Gasteiger partial charge in [-0.3, -0.25) is 4.79 Å². The van der Waals surface area contributed by atoms with Gasteiger partial charge in [-0.1, -0.05) is 0 Å². The number of rotatable bonds is 5. The average Bonchev–Trinajstić information content (AvgIpc) is 2.95. The molecule has 88 valence electrons. The lowest BCUT2D eigenvalue weighted by Gasteiger charge is -2.28. The van der Waals surface area contributed by atoms with Crippen LogP contribution in [-0.4, -0.2) is 36.0 Å². The Hall–Kier alpha value is -0.570. The SMILES string of the molecule is CC(C)N(C)C(=O)CNC(C)(C)C1CC1. The summed E-state index contributed by atoms with van der Waals surface area (Å²) < 4.78 is 0. The summed E-state index contributed by atoms with van der Waals surface area (Å²) in [7, 11) is 1.86. The fourth-order valence-corrected chi connectivity index (χ4v) is 1.67. The van der Waals surface area contributed by atoms with E-state index in [0.29, 0.717) is 6.54 Å². The average molecular weight is 212 g/mol. The summed E-state index contributed by atoms with van der Waals surface area (Å²) in [6.07, 6.45) is 2.60. The molecule has 1 saturated carbocycles. The van der Waals surface area contributed by atoms with Gasteiger partial charge in [0.2, 0.25) is 5.91 Å². The molecule has 0 aliphatic heterocycles. The number of hydrogen-bond acceptors (Lipinski definition) is 2. The Kier molecular flexibility index (Phi) is 3.77. The van der Waals surface area contributed by atoms with Crippen LogP contribution in [0.4, 0.5) is 0 Å². The van der Waals surface area contributed by atoms with Crippen molar-refractivity contribution in [2.24, 2.45) is 5.92 Å². The Morgan fingerprint density at radius 2 is 2.00 bits per heavy atom. The largest absolute Gasteiger partial charge is 0.342 e. The number of likely N-dealkylation sites (N-methyl/N-ethyl adjacent to an activating group) is 1. The number of hydrogen-bond donors (Lipinski definition) is 1. The molecule has 3 nitrogen and oxygen atoms in total. The summed E-state index contributed by atoms with van der Waals surface area (Å²) in [6, 6.07) is 0.281. The van der Waals surface area contributed by atoms with Crippen LogP contribution >= 0.6 is 0 Å². The van der Waals surface area contributed by atoms with Gasteiger partial charge in [-0.2, -0.15) is 0 Å². The Bertz CT molecular complexity index is 232. The maximum absolute atomic E-state index is 11.7. The quantitative estimate of drug-likeness (QED) is 0.751. The minimum absolute atomic E-state index is 0.119. The van der Waals surface area contributed by atoms with Crippen LogP contribution in [0.15, 0.2) is 0 Å². The van der Waals surface area contributed by atoms with Gasteiger partial charge in [-0.05, 0) is 46.5 Å². The van der Waals surface area contributed by atoms with Gasteiger partial charge in [0, 0.05) is 18.6 Å². The Labute approximate surface area is 93.2 Å². The van der Waals surface area contributed by atoms with Gasteiger partial charge in [-0.15, -0.1) is 0 Å². The van der Waals surface area contributed by atoms with E-state index in [4.69, 9.17) is 0 Å². The fourth-order valence-electron chi connectivity index (χ4n) is 1.67. The molecule has 1 aliphatic carbocycles. The molecule has 0 bridgehead atoms. The first kappa shape index (κ1) is 12.5. The van der Waals surface area contributed by atoms with E-state index in [-0.39, 0.29) is 17.5 Å². The molecule has 0 unspecified atom stereocenters. The first-order valence-corrected chi connectivity index (χ1v) is 5.85. The summed E-state index contributed by atoms with van der Waals surface area (Å²) in [5, 5.41) is 3.37. The molecule has 1 rings (SSSR count). The van der Waals surface area contributed by atoms with E-state index in [1.807, 2.05) is 20.9 Å². The lowest BCUT2D eigenvalue weighted by atomic mass is 9.99. The fraction of sp³-hybridized carbons (Fsp3) is 0.917. The van der Waals surface area contributed by atoms with Crippen molar-refractivity contribution in [3.05, 3.63) is 0 Å². The van der Waals surface area contributed by atoms with Crippen molar-refractivity contribution in [3.8, 4) is 0 Å². The van der Waals surface area contributed by atoms with Crippen LogP contribution in [0.1, 0.15) is 40.5 Å². The maximum Gasteiger partial charge on any atom is 0.236 e. The van der Waals surface area contributed by atoms with E-state index in [2.05, 4.69) is 19.2 Å². The Balaban J connectivity index is 2.33. The summed E-state index contributed by atoms with van der Waals surface area (Å²) in [5.41, 5.74) is 0.119. The normalized spacial score (nSPS) is 16.9. The van der Waals surface area contributed by atoms with E-state index < -0.39 is 0 Å². The van der Waals surface area contributed by atoms with Crippen molar-refractivity contribution in [1.29, 1.82) is 0 Å². The van der Waals surface area contributed by atoms with E-state index in [1.54, 1.807) is 4.90 Å². The lowest BCUT2D eigenvalue weighted by Crippen LogP contribution is -2.48. The van der Waals surface area contributed by atoms with Crippen molar-refractivity contribution in [2.75, 3.05) is 13.6 Å². The molecule has 0 saturated heterocycles. The van der Waals surface area contributed by atoms with Crippen LogP contribution in [0.25, 0.3) is 0 Å². The molecular formula is C12H24N2O. The number of carbonyl (C=O) groups excluding carboxylic acids is 1. The molecule has 0 radical (unpaired) electrons. The monoisotopic (exact) mass is 212 g/mol. The van der Waals surface area contributed by atoms with E-state index in [1.165, 1.54) is 12.8 Å². The van der Waals surface area contributed by atoms with Crippen molar-refractivity contribution in [1.82, 2.24) is 10.2 Å². The van der Waals surface area contributed by atoms with Crippen molar-refractivity contribution in [2.45, 2.75) is 52.1 Å². The lowest BCUT2D eigenvalue weighted by molar-refractivity contribution is -0.130. The van der Waals surface area contributed by atoms with Crippen LogP contribution in [0.2, 0.25) is 0 Å². The Morgan fingerprint density at radius 1 is 1.47 bits per heavy atom. The highest BCUT2D eigenvalue weighted by Gasteiger charge is 2.37. The maximum atomic E-state index is 11.7. The highest BCUT2D eigenvalue weighted by molar-refractivity contribution is 5.78. The van der Waals surface area contributed by atoms with Crippen molar-refractivity contribution >= 4 is 5.91 Å². The highest BCUT2D eigenvalue weighted by Crippen LogP contribution is 2.38. The van der Waals surface area contributed by atoms with Crippen LogP contribution in [0.5, 0.6) is 0 Å². The second kappa shape index (κ2) is 4.52. The molecule has 3 heteroatoms. The molecule has 1 amide bonds. The molecule has 0 spiro atoms. The van der Waals surface area contributed by atoms with E-state index >= 15 is 0 Å². The zero-order chi connectivity index (χ0) is 11.6. The van der Waals surface area contributed by atoms with Gasteiger partial charge >= 0.3 is 0 Å². The summed E-state index contributed by atoms with van der Waals surface area (Å²) in [6.45, 7) is 8.90. The molecule has 1 aliphatic rings. The highest BCUT2D eigenvalue weighted by atomic mass is 16.2. The van der Waals surface area contributed by atoms with Crippen LogP contribution < -0.4 is 5.32 Å². The standard InChI is InChI=1S/C12H24N2O/c1-9(2)14(5)11(15)8-13-12(3,4)10-6-7-10/h9-10,13H,6-8H2,1-5H3. The molecule has 0 heterocycles. The third kappa shape index (κ3) is 3.49. The van der Waals surface area contributed by atoms with Crippen LogP contribution in [0, 0.1) is 5.92 Å². The predicted octanol–water partition coefficient (Wildman–Crippen LogP) is 1.63. The Morgan fingerprint density at radius 3 is 2.40 bits per heavy atom. The molecule has 0 aromatic rings. The van der Waals surface area contributed by atoms with Gasteiger partial charge < -0.3 is 10.2 Å². The number of nitrogens with one attached hydrogen (secondary N) is 1. The van der Waals surface area contributed by atoms with Gasteiger partial charge in [0.15, 0.2) is 0 Å². The van der Waals surface area contributed by atoms with Gasteiger partial charge in [0.1, 0.15) is 0 Å². The minimum atomic E-state index is 0.119. The number of carbonyl (C=O) groups is 1. The number of amides is 1. The summed E-state index contributed by atoms with van der Waals surface area (Å²) in [5.74, 6) is 0.938. The van der Waals surface area contributed by atoms with E-state index in [9.17, 15) is 4.79 Å². The minimum Gasteiger partial charge on any atom is -0.342 e.